The third-order valence-corrected chi connectivity index (χ3v) is 5.46. The fourth-order valence-corrected chi connectivity index (χ4v) is 3.64. The van der Waals surface area contributed by atoms with E-state index in [0.29, 0.717) is 11.3 Å². The number of amides is 1. The summed E-state index contributed by atoms with van der Waals surface area (Å²) in [5.74, 6) is -0.412. The van der Waals surface area contributed by atoms with Crippen molar-refractivity contribution < 1.29 is 14.3 Å². The van der Waals surface area contributed by atoms with Gasteiger partial charge in [0.15, 0.2) is 5.16 Å². The van der Waals surface area contributed by atoms with Crippen LogP contribution in [0, 0.1) is 20.8 Å². The molecule has 0 atom stereocenters. The van der Waals surface area contributed by atoms with Crippen LogP contribution in [-0.4, -0.2) is 34.3 Å². The van der Waals surface area contributed by atoms with Crippen LogP contribution in [0.2, 0.25) is 0 Å². The van der Waals surface area contributed by atoms with E-state index in [1.807, 2.05) is 31.5 Å². The van der Waals surface area contributed by atoms with Gasteiger partial charge in [-0.05, 0) is 55.7 Å². The third kappa shape index (κ3) is 4.86. The summed E-state index contributed by atoms with van der Waals surface area (Å²) in [6.45, 7) is 5.97. The zero-order valence-electron chi connectivity index (χ0n) is 16.9. The summed E-state index contributed by atoms with van der Waals surface area (Å²) in [6.07, 6.45) is 3.62. The van der Waals surface area contributed by atoms with E-state index in [0.717, 1.165) is 27.5 Å². The van der Waals surface area contributed by atoms with Crippen LogP contribution < -0.4 is 5.32 Å². The Morgan fingerprint density at radius 3 is 2.62 bits per heavy atom. The summed E-state index contributed by atoms with van der Waals surface area (Å²) in [5, 5.41) is 3.61. The number of anilines is 1. The van der Waals surface area contributed by atoms with Gasteiger partial charge >= 0.3 is 5.97 Å². The van der Waals surface area contributed by atoms with Crippen LogP contribution >= 0.6 is 11.8 Å². The summed E-state index contributed by atoms with van der Waals surface area (Å²) in [7, 11) is 1.33. The molecule has 1 amide bonds. The number of benzene rings is 2. The monoisotopic (exact) mass is 409 g/mol. The normalized spacial score (nSPS) is 10.6. The molecule has 7 heteroatoms. The Kier molecular flexibility index (Phi) is 6.39. The summed E-state index contributed by atoms with van der Waals surface area (Å²) in [5.41, 5.74) is 5.20. The first-order valence-electron chi connectivity index (χ1n) is 9.11. The molecule has 29 heavy (non-hydrogen) atoms. The maximum absolute atomic E-state index is 12.5. The number of esters is 1. The predicted molar refractivity (Wildman–Crippen MR) is 115 cm³/mol. The summed E-state index contributed by atoms with van der Waals surface area (Å²) in [4.78, 5) is 28.6. The summed E-state index contributed by atoms with van der Waals surface area (Å²) >= 11 is 1.36. The second-order valence-electron chi connectivity index (χ2n) is 6.73. The van der Waals surface area contributed by atoms with Gasteiger partial charge < -0.3 is 10.1 Å². The highest BCUT2D eigenvalue weighted by atomic mass is 32.2. The number of thioether (sulfide) groups is 1. The first-order valence-corrected chi connectivity index (χ1v) is 10.1. The Labute approximate surface area is 174 Å². The lowest BCUT2D eigenvalue weighted by atomic mass is 10.1. The highest BCUT2D eigenvalue weighted by Gasteiger charge is 2.13. The number of ether oxygens (including phenoxy) is 1. The highest BCUT2D eigenvalue weighted by Crippen LogP contribution is 2.24. The zero-order chi connectivity index (χ0) is 21.0. The van der Waals surface area contributed by atoms with Crippen molar-refractivity contribution >= 4 is 29.3 Å². The topological polar surface area (TPSA) is 73.2 Å². The number of aryl methyl sites for hydroxylation is 3. The van der Waals surface area contributed by atoms with Crippen LogP contribution in [-0.2, 0) is 9.53 Å². The van der Waals surface area contributed by atoms with Crippen LogP contribution in [0.5, 0.6) is 0 Å². The lowest BCUT2D eigenvalue weighted by Crippen LogP contribution is -2.16. The second-order valence-corrected chi connectivity index (χ2v) is 7.67. The van der Waals surface area contributed by atoms with Gasteiger partial charge in [0, 0.05) is 18.1 Å². The molecule has 0 unspecified atom stereocenters. The quantitative estimate of drug-likeness (QED) is 0.485. The molecule has 0 aliphatic carbocycles. The van der Waals surface area contributed by atoms with Gasteiger partial charge in [0.2, 0.25) is 5.91 Å². The summed E-state index contributed by atoms with van der Waals surface area (Å²) < 4.78 is 6.73. The lowest BCUT2D eigenvalue weighted by Gasteiger charge is -2.12. The molecule has 1 heterocycles. The van der Waals surface area contributed by atoms with Crippen molar-refractivity contribution in [2.75, 3.05) is 18.2 Å². The highest BCUT2D eigenvalue weighted by molar-refractivity contribution is 7.99. The largest absolute Gasteiger partial charge is 0.465 e. The Morgan fingerprint density at radius 1 is 1.10 bits per heavy atom. The second kappa shape index (κ2) is 8.96. The molecule has 0 aliphatic rings. The van der Waals surface area contributed by atoms with Crippen molar-refractivity contribution in [3.05, 3.63) is 71.0 Å². The maximum atomic E-state index is 12.5. The Bertz CT molecular complexity index is 1060. The van der Waals surface area contributed by atoms with Gasteiger partial charge in [-0.1, -0.05) is 30.0 Å². The van der Waals surface area contributed by atoms with E-state index in [-0.39, 0.29) is 11.7 Å². The number of hydrogen-bond acceptors (Lipinski definition) is 5. The molecule has 0 fully saturated rings. The average molecular weight is 410 g/mol. The first-order chi connectivity index (χ1) is 13.9. The van der Waals surface area contributed by atoms with Crippen molar-refractivity contribution in [1.82, 2.24) is 9.55 Å². The molecule has 0 spiro atoms. The van der Waals surface area contributed by atoms with Crippen molar-refractivity contribution in [2.24, 2.45) is 0 Å². The van der Waals surface area contributed by atoms with Crippen LogP contribution in [0.15, 0.2) is 53.9 Å². The molecule has 3 aromatic rings. The predicted octanol–water partition coefficient (Wildman–Crippen LogP) is 4.31. The van der Waals surface area contributed by atoms with Gasteiger partial charge in [-0.2, -0.15) is 0 Å². The fraction of sp³-hybridized carbons (Fsp3) is 0.227. The number of nitrogens with zero attached hydrogens (tertiary/aromatic N) is 2. The maximum Gasteiger partial charge on any atom is 0.337 e. The number of methoxy groups -OCH3 is 1. The van der Waals surface area contributed by atoms with Gasteiger partial charge in [0.05, 0.1) is 24.1 Å². The molecule has 6 nitrogen and oxygen atoms in total. The van der Waals surface area contributed by atoms with Crippen molar-refractivity contribution in [3.63, 3.8) is 0 Å². The number of carbonyl (C=O) groups is 2. The molecule has 0 bridgehead atoms. The molecule has 0 saturated carbocycles. The minimum atomic E-state index is -0.439. The Hall–Kier alpha value is -3.06. The van der Waals surface area contributed by atoms with E-state index in [1.165, 1.54) is 18.9 Å². The minimum Gasteiger partial charge on any atom is -0.465 e. The number of imidazole rings is 1. The van der Waals surface area contributed by atoms with Gasteiger partial charge in [-0.3, -0.25) is 9.36 Å². The van der Waals surface area contributed by atoms with Crippen LogP contribution in [0.1, 0.15) is 27.0 Å². The van der Waals surface area contributed by atoms with Crippen LogP contribution in [0.4, 0.5) is 5.69 Å². The molecule has 0 radical (unpaired) electrons. The van der Waals surface area contributed by atoms with E-state index < -0.39 is 5.97 Å². The average Bonchev–Trinajstić information content (AvgIpc) is 3.17. The molecule has 2 aromatic carbocycles. The number of rotatable bonds is 6. The van der Waals surface area contributed by atoms with Crippen molar-refractivity contribution in [1.29, 1.82) is 0 Å². The molecule has 150 valence electrons. The summed E-state index contributed by atoms with van der Waals surface area (Å²) in [6, 6.07) is 11.3. The molecular weight excluding hydrogens is 386 g/mol. The van der Waals surface area contributed by atoms with E-state index in [2.05, 4.69) is 28.5 Å². The Morgan fingerprint density at radius 2 is 1.86 bits per heavy atom. The number of aromatic nitrogens is 2. The smallest absolute Gasteiger partial charge is 0.337 e. The fourth-order valence-electron chi connectivity index (χ4n) is 2.88. The molecule has 3 rings (SSSR count). The van der Waals surface area contributed by atoms with E-state index in [4.69, 9.17) is 4.74 Å². The SMILES string of the molecule is COC(=O)c1ccc(C)c(NC(=O)CSc2nccn2-c2cc(C)ccc2C)c1. The molecule has 1 N–H and O–H groups in total. The number of hydrogen-bond donors (Lipinski definition) is 1. The third-order valence-electron chi connectivity index (χ3n) is 4.50. The van der Waals surface area contributed by atoms with Crippen LogP contribution in [0.3, 0.4) is 0 Å². The molecule has 0 saturated heterocycles. The Balaban J connectivity index is 1.71. The molecular formula is C22H23N3O3S. The number of nitrogens with one attached hydrogen (secondary N) is 1. The van der Waals surface area contributed by atoms with Gasteiger partial charge in [-0.25, -0.2) is 9.78 Å². The van der Waals surface area contributed by atoms with E-state index in [1.54, 1.807) is 24.4 Å². The first kappa shape index (κ1) is 20.7. The van der Waals surface area contributed by atoms with Crippen LogP contribution in [0.25, 0.3) is 5.69 Å². The van der Waals surface area contributed by atoms with Gasteiger partial charge in [0.25, 0.3) is 0 Å². The zero-order valence-corrected chi connectivity index (χ0v) is 17.7. The van der Waals surface area contributed by atoms with Gasteiger partial charge in [0.1, 0.15) is 0 Å². The standard InChI is InChI=1S/C22H23N3O3S/c1-14-5-6-16(3)19(11-14)25-10-9-23-22(25)29-13-20(26)24-18-12-17(21(27)28-4)8-7-15(18)2/h5-12H,13H2,1-4H3,(H,24,26). The van der Waals surface area contributed by atoms with Crippen molar-refractivity contribution in [2.45, 2.75) is 25.9 Å². The lowest BCUT2D eigenvalue weighted by molar-refractivity contribution is -0.113. The van der Waals surface area contributed by atoms with E-state index >= 15 is 0 Å². The van der Waals surface area contributed by atoms with Crippen molar-refractivity contribution in [3.8, 4) is 5.69 Å². The minimum absolute atomic E-state index is 0.171. The number of carbonyl (C=O) groups excluding carboxylic acids is 2. The van der Waals surface area contributed by atoms with Gasteiger partial charge in [-0.15, -0.1) is 0 Å². The van der Waals surface area contributed by atoms with E-state index in [9.17, 15) is 9.59 Å². The molecule has 1 aromatic heterocycles. The molecule has 0 aliphatic heterocycles.